The molecule has 140 valence electrons. The molecule has 1 aromatic carbocycles. The lowest BCUT2D eigenvalue weighted by molar-refractivity contribution is 0.0724. The molecule has 1 aliphatic rings. The first-order valence-electron chi connectivity index (χ1n) is 9.07. The summed E-state index contributed by atoms with van der Waals surface area (Å²) in [6, 6.07) is 7.41. The van der Waals surface area contributed by atoms with Crippen molar-refractivity contribution in [3.63, 3.8) is 0 Å². The largest absolute Gasteiger partial charge is 0.361 e. The van der Waals surface area contributed by atoms with E-state index in [9.17, 15) is 9.18 Å². The molecule has 0 spiro atoms. The van der Waals surface area contributed by atoms with Crippen LogP contribution in [0.5, 0.6) is 0 Å². The maximum Gasteiger partial charge on any atom is 0.276 e. The van der Waals surface area contributed by atoms with Gasteiger partial charge in [0.2, 0.25) is 0 Å². The summed E-state index contributed by atoms with van der Waals surface area (Å²) in [6.45, 7) is 4.56. The van der Waals surface area contributed by atoms with Crippen molar-refractivity contribution < 1.29 is 18.2 Å². The van der Waals surface area contributed by atoms with E-state index in [4.69, 9.17) is 9.05 Å². The van der Waals surface area contributed by atoms with E-state index in [-0.39, 0.29) is 23.5 Å². The minimum absolute atomic E-state index is 0.0651. The summed E-state index contributed by atoms with van der Waals surface area (Å²) in [5.41, 5.74) is 2.74. The topological polar surface area (TPSA) is 72.4 Å². The van der Waals surface area contributed by atoms with Gasteiger partial charge in [0.1, 0.15) is 11.6 Å². The minimum Gasteiger partial charge on any atom is -0.361 e. The average Bonchev–Trinajstić information content (AvgIpc) is 3.40. The number of rotatable bonds is 4. The molecule has 27 heavy (non-hydrogen) atoms. The molecule has 0 bridgehead atoms. The Morgan fingerprint density at radius 3 is 2.78 bits per heavy atom. The summed E-state index contributed by atoms with van der Waals surface area (Å²) < 4.78 is 23.8. The molecule has 1 aliphatic heterocycles. The van der Waals surface area contributed by atoms with E-state index in [0.29, 0.717) is 17.9 Å². The van der Waals surface area contributed by atoms with Crippen LogP contribution in [0.3, 0.4) is 0 Å². The monoisotopic (exact) mass is 369 g/mol. The molecule has 4 rings (SSSR count). The van der Waals surface area contributed by atoms with Crippen molar-refractivity contribution in [3.05, 3.63) is 58.9 Å². The van der Waals surface area contributed by atoms with Crippen LogP contribution < -0.4 is 0 Å². The van der Waals surface area contributed by atoms with Crippen molar-refractivity contribution in [2.24, 2.45) is 0 Å². The van der Waals surface area contributed by atoms with Crippen molar-refractivity contribution in [1.82, 2.24) is 15.2 Å². The van der Waals surface area contributed by atoms with Crippen molar-refractivity contribution in [3.8, 4) is 11.3 Å². The highest BCUT2D eigenvalue weighted by Gasteiger charge is 2.35. The fraction of sp³-hybridized carbons (Fsp3) is 0.350. The van der Waals surface area contributed by atoms with Gasteiger partial charge < -0.3 is 13.9 Å². The Hall–Kier alpha value is -2.96. The first-order valence-corrected chi connectivity index (χ1v) is 9.07. The van der Waals surface area contributed by atoms with Crippen LogP contribution in [0.2, 0.25) is 0 Å². The van der Waals surface area contributed by atoms with Gasteiger partial charge in [0, 0.05) is 30.2 Å². The molecule has 1 fully saturated rings. The van der Waals surface area contributed by atoms with Gasteiger partial charge in [-0.05, 0) is 44.0 Å². The van der Waals surface area contributed by atoms with Gasteiger partial charge in [-0.1, -0.05) is 17.2 Å². The van der Waals surface area contributed by atoms with E-state index < -0.39 is 0 Å². The molecule has 3 aromatic rings. The summed E-state index contributed by atoms with van der Waals surface area (Å²) in [4.78, 5) is 14.9. The number of likely N-dealkylation sites (tertiary alicyclic amines) is 1. The first kappa shape index (κ1) is 17.5. The fourth-order valence-electron chi connectivity index (χ4n) is 3.69. The number of benzene rings is 1. The van der Waals surface area contributed by atoms with Gasteiger partial charge in [-0.2, -0.15) is 0 Å². The maximum atomic E-state index is 13.1. The lowest BCUT2D eigenvalue weighted by Crippen LogP contribution is -2.31. The quantitative estimate of drug-likeness (QED) is 0.685. The van der Waals surface area contributed by atoms with Crippen LogP contribution in [0.4, 0.5) is 4.39 Å². The second-order valence-electron chi connectivity index (χ2n) is 6.70. The highest BCUT2D eigenvalue weighted by atomic mass is 19.1. The normalized spacial score (nSPS) is 16.9. The summed E-state index contributed by atoms with van der Waals surface area (Å²) in [7, 11) is 0. The fourth-order valence-corrected chi connectivity index (χ4v) is 3.69. The van der Waals surface area contributed by atoms with E-state index in [1.807, 2.05) is 18.7 Å². The molecule has 3 heterocycles. The zero-order valence-corrected chi connectivity index (χ0v) is 15.2. The third-order valence-electron chi connectivity index (χ3n) is 5.01. The lowest BCUT2D eigenvalue weighted by Gasteiger charge is -2.24. The Balaban J connectivity index is 1.60. The number of aromatic nitrogens is 2. The highest BCUT2D eigenvalue weighted by molar-refractivity contribution is 5.93. The van der Waals surface area contributed by atoms with Gasteiger partial charge in [0.15, 0.2) is 11.5 Å². The van der Waals surface area contributed by atoms with Crippen LogP contribution in [-0.2, 0) is 6.42 Å². The molecule has 0 saturated carbocycles. The third kappa shape index (κ3) is 3.13. The molecule has 1 unspecified atom stereocenters. The van der Waals surface area contributed by atoms with E-state index in [0.717, 1.165) is 36.3 Å². The predicted molar refractivity (Wildman–Crippen MR) is 95.5 cm³/mol. The standard InChI is InChI=1S/C20H20FN3O3/c1-3-17-19(12(2)22-26-17)16-5-4-10-24(16)20(25)15-11-18(27-23-15)13-6-8-14(21)9-7-13/h6-9,11,16H,3-5,10H2,1-2H3. The van der Waals surface area contributed by atoms with Crippen LogP contribution in [-0.4, -0.2) is 27.7 Å². The molecule has 0 radical (unpaired) electrons. The molecule has 0 N–H and O–H groups in total. The van der Waals surface area contributed by atoms with E-state index in [1.165, 1.54) is 12.1 Å². The highest BCUT2D eigenvalue weighted by Crippen LogP contribution is 2.37. The van der Waals surface area contributed by atoms with Crippen LogP contribution in [0, 0.1) is 12.7 Å². The summed E-state index contributed by atoms with van der Waals surface area (Å²) in [5, 5.41) is 8.01. The second kappa shape index (κ2) is 6.98. The number of hydrogen-bond donors (Lipinski definition) is 0. The number of amides is 1. The van der Waals surface area contributed by atoms with E-state index in [2.05, 4.69) is 10.3 Å². The minimum atomic E-state index is -0.328. The molecular weight excluding hydrogens is 349 g/mol. The molecular formula is C20H20FN3O3. The lowest BCUT2D eigenvalue weighted by atomic mass is 10.0. The SMILES string of the molecule is CCc1onc(C)c1C1CCCN1C(=O)c1cc(-c2ccc(F)cc2)on1. The Bertz CT molecular complexity index is 961. The summed E-state index contributed by atoms with van der Waals surface area (Å²) in [6.07, 6.45) is 2.50. The number of nitrogens with zero attached hydrogens (tertiary/aromatic N) is 3. The van der Waals surface area contributed by atoms with Crippen LogP contribution >= 0.6 is 0 Å². The smallest absolute Gasteiger partial charge is 0.276 e. The Labute approximate surface area is 155 Å². The first-order chi connectivity index (χ1) is 13.1. The van der Waals surface area contributed by atoms with Crippen molar-refractivity contribution >= 4 is 5.91 Å². The number of carbonyl (C=O) groups excluding carboxylic acids is 1. The van der Waals surface area contributed by atoms with Crippen molar-refractivity contribution in [2.45, 2.75) is 39.2 Å². The number of aryl methyl sites for hydroxylation is 2. The predicted octanol–water partition coefficient (Wildman–Crippen LogP) is 4.32. The Morgan fingerprint density at radius 1 is 1.26 bits per heavy atom. The zero-order valence-electron chi connectivity index (χ0n) is 15.2. The zero-order chi connectivity index (χ0) is 19.0. The average molecular weight is 369 g/mol. The van der Waals surface area contributed by atoms with E-state index >= 15 is 0 Å². The number of halogens is 1. The van der Waals surface area contributed by atoms with Crippen LogP contribution in [0.15, 0.2) is 39.4 Å². The van der Waals surface area contributed by atoms with Crippen molar-refractivity contribution in [1.29, 1.82) is 0 Å². The van der Waals surface area contributed by atoms with Gasteiger partial charge in [-0.15, -0.1) is 0 Å². The van der Waals surface area contributed by atoms with Gasteiger partial charge in [0.25, 0.3) is 5.91 Å². The molecule has 1 saturated heterocycles. The Morgan fingerprint density at radius 2 is 2.04 bits per heavy atom. The van der Waals surface area contributed by atoms with Gasteiger partial charge in [-0.3, -0.25) is 4.79 Å². The van der Waals surface area contributed by atoms with Gasteiger partial charge in [-0.25, -0.2) is 4.39 Å². The van der Waals surface area contributed by atoms with Crippen molar-refractivity contribution in [2.75, 3.05) is 6.54 Å². The van der Waals surface area contributed by atoms with Gasteiger partial charge >= 0.3 is 0 Å². The second-order valence-corrected chi connectivity index (χ2v) is 6.70. The summed E-state index contributed by atoms with van der Waals surface area (Å²) >= 11 is 0. The summed E-state index contributed by atoms with van der Waals surface area (Å²) in [5.74, 6) is 0.747. The molecule has 0 aliphatic carbocycles. The van der Waals surface area contributed by atoms with Crippen LogP contribution in [0.1, 0.15) is 53.3 Å². The molecule has 1 atom stereocenters. The molecule has 1 amide bonds. The third-order valence-corrected chi connectivity index (χ3v) is 5.01. The maximum absolute atomic E-state index is 13.1. The molecule has 2 aromatic heterocycles. The van der Waals surface area contributed by atoms with E-state index in [1.54, 1.807) is 18.2 Å². The number of carbonyl (C=O) groups is 1. The molecule has 6 nitrogen and oxygen atoms in total. The Kier molecular flexibility index (Phi) is 4.51. The van der Waals surface area contributed by atoms with Gasteiger partial charge in [0.05, 0.1) is 11.7 Å². The number of hydrogen-bond acceptors (Lipinski definition) is 5. The van der Waals surface area contributed by atoms with Crippen LogP contribution in [0.25, 0.3) is 11.3 Å². The molecule has 7 heteroatoms.